The van der Waals surface area contributed by atoms with Crippen LogP contribution in [0.2, 0.25) is 10.0 Å². The molecule has 23 heavy (non-hydrogen) atoms. The Hall–Kier alpha value is -2.04. The predicted octanol–water partition coefficient (Wildman–Crippen LogP) is 4.09. The zero-order valence-corrected chi connectivity index (χ0v) is 13.7. The Morgan fingerprint density at radius 1 is 1.04 bits per heavy atom. The van der Waals surface area contributed by atoms with Crippen molar-refractivity contribution in [2.75, 3.05) is 6.54 Å². The van der Waals surface area contributed by atoms with Crippen molar-refractivity contribution < 1.29 is 14.7 Å². The number of rotatable bonds is 6. The van der Waals surface area contributed by atoms with Crippen LogP contribution in [-0.4, -0.2) is 23.3 Å². The maximum absolute atomic E-state index is 12.0. The maximum Gasteiger partial charge on any atom is 0.251 e. The molecule has 0 spiro atoms. The monoisotopic (exact) mass is 351 g/mol. The topological polar surface area (TPSA) is 66.4 Å². The molecule has 1 amide bonds. The molecule has 2 aromatic carbocycles. The summed E-state index contributed by atoms with van der Waals surface area (Å²) in [6.45, 7) is 0.378. The van der Waals surface area contributed by atoms with Crippen molar-refractivity contribution in [3.05, 3.63) is 63.6 Å². The summed E-state index contributed by atoms with van der Waals surface area (Å²) in [7, 11) is 0. The number of carbonyl (C=O) groups excluding carboxylic acids is 2. The molecule has 0 atom stereocenters. The van der Waals surface area contributed by atoms with Gasteiger partial charge in [-0.15, -0.1) is 0 Å². The molecule has 2 N–H and O–H groups in total. The number of benzene rings is 2. The van der Waals surface area contributed by atoms with Gasteiger partial charge in [0.25, 0.3) is 5.91 Å². The molecule has 4 nitrogen and oxygen atoms in total. The van der Waals surface area contributed by atoms with Crippen LogP contribution in [0.3, 0.4) is 0 Å². The summed E-state index contributed by atoms with van der Waals surface area (Å²) in [5, 5.41) is 12.8. The van der Waals surface area contributed by atoms with Gasteiger partial charge in [-0.05, 0) is 48.9 Å². The molecule has 0 aromatic heterocycles. The minimum absolute atomic E-state index is 0.0155. The van der Waals surface area contributed by atoms with Gasteiger partial charge in [0.1, 0.15) is 5.75 Å². The van der Waals surface area contributed by atoms with Gasteiger partial charge in [0.05, 0.1) is 5.02 Å². The van der Waals surface area contributed by atoms with Crippen LogP contribution in [0, 0.1) is 0 Å². The van der Waals surface area contributed by atoms with Crippen LogP contribution in [0.25, 0.3) is 0 Å². The summed E-state index contributed by atoms with van der Waals surface area (Å²) in [5.74, 6) is -0.325. The molecule has 0 fully saturated rings. The molecule has 0 aliphatic carbocycles. The van der Waals surface area contributed by atoms with Gasteiger partial charge in [0.2, 0.25) is 0 Å². The van der Waals surface area contributed by atoms with E-state index in [4.69, 9.17) is 23.2 Å². The van der Waals surface area contributed by atoms with E-state index >= 15 is 0 Å². The van der Waals surface area contributed by atoms with Crippen molar-refractivity contribution in [3.63, 3.8) is 0 Å². The average Bonchev–Trinajstić information content (AvgIpc) is 2.51. The number of aromatic hydroxyl groups is 1. The molecular formula is C17H15Cl2NO3. The zero-order valence-electron chi connectivity index (χ0n) is 12.2. The van der Waals surface area contributed by atoms with Gasteiger partial charge >= 0.3 is 0 Å². The van der Waals surface area contributed by atoms with Crippen LogP contribution in [0.5, 0.6) is 5.75 Å². The number of hydrogen-bond donors (Lipinski definition) is 2. The quantitative estimate of drug-likeness (QED) is 0.608. The molecule has 0 saturated heterocycles. The van der Waals surface area contributed by atoms with Crippen LogP contribution < -0.4 is 5.32 Å². The molecule has 0 bridgehead atoms. The summed E-state index contributed by atoms with van der Waals surface area (Å²) in [6.07, 6.45) is 0.751. The number of nitrogens with one attached hydrogen (secondary N) is 1. The molecule has 0 saturated carbocycles. The van der Waals surface area contributed by atoms with Gasteiger partial charge in [-0.25, -0.2) is 0 Å². The standard InChI is InChI=1S/C17H15Cl2NO3/c18-12-5-3-11(4-6-12)17(23)20-9-1-2-16(22)14-8-7-13(21)10-15(14)19/h3-8,10,21H,1-2,9H2,(H,20,23). The Bertz CT molecular complexity index is 714. The summed E-state index contributed by atoms with van der Waals surface area (Å²) in [4.78, 5) is 23.9. The second-order valence-corrected chi connectivity index (χ2v) is 5.80. The van der Waals surface area contributed by atoms with Crippen LogP contribution in [0.15, 0.2) is 42.5 Å². The number of Topliss-reactive ketones (excluding diaryl/α,β-unsaturated/α-hetero) is 1. The molecule has 0 aliphatic heterocycles. The number of carbonyl (C=O) groups is 2. The van der Waals surface area contributed by atoms with E-state index in [1.807, 2.05) is 0 Å². The molecule has 2 rings (SSSR count). The Balaban J connectivity index is 1.79. The smallest absolute Gasteiger partial charge is 0.251 e. The predicted molar refractivity (Wildman–Crippen MR) is 90.5 cm³/mol. The molecule has 0 radical (unpaired) electrons. The molecule has 0 aliphatic rings. The first-order valence-corrected chi connectivity index (χ1v) is 7.78. The van der Waals surface area contributed by atoms with E-state index in [-0.39, 0.29) is 28.9 Å². The van der Waals surface area contributed by atoms with Crippen LogP contribution in [0.4, 0.5) is 0 Å². The highest BCUT2D eigenvalue weighted by atomic mass is 35.5. The van der Waals surface area contributed by atoms with Gasteiger partial charge < -0.3 is 10.4 Å². The first-order valence-electron chi connectivity index (χ1n) is 7.03. The lowest BCUT2D eigenvalue weighted by molar-refractivity contribution is 0.0938. The van der Waals surface area contributed by atoms with E-state index in [0.29, 0.717) is 29.1 Å². The maximum atomic E-state index is 12.0. The van der Waals surface area contributed by atoms with Gasteiger partial charge in [-0.2, -0.15) is 0 Å². The number of phenolic OH excluding ortho intramolecular Hbond substituents is 1. The fourth-order valence-corrected chi connectivity index (χ4v) is 2.43. The van der Waals surface area contributed by atoms with Gasteiger partial charge in [0.15, 0.2) is 5.78 Å². The minimum atomic E-state index is -0.211. The highest BCUT2D eigenvalue weighted by Gasteiger charge is 2.11. The Kier molecular flexibility index (Phi) is 6.02. The van der Waals surface area contributed by atoms with Crippen LogP contribution >= 0.6 is 23.2 Å². The van der Waals surface area contributed by atoms with Crippen molar-refractivity contribution in [1.29, 1.82) is 0 Å². The van der Waals surface area contributed by atoms with E-state index in [2.05, 4.69) is 5.32 Å². The number of hydrogen-bond acceptors (Lipinski definition) is 3. The lowest BCUT2D eigenvalue weighted by atomic mass is 10.1. The SMILES string of the molecule is O=C(NCCCC(=O)c1ccc(O)cc1Cl)c1ccc(Cl)cc1. The third kappa shape index (κ3) is 4.98. The normalized spacial score (nSPS) is 10.3. The summed E-state index contributed by atoms with van der Waals surface area (Å²) in [6, 6.07) is 10.8. The molecular weight excluding hydrogens is 337 g/mol. The van der Waals surface area contributed by atoms with Crippen molar-refractivity contribution in [1.82, 2.24) is 5.32 Å². The lowest BCUT2D eigenvalue weighted by Gasteiger charge is -2.06. The third-order valence-electron chi connectivity index (χ3n) is 3.23. The highest BCUT2D eigenvalue weighted by molar-refractivity contribution is 6.34. The number of amides is 1. The van der Waals surface area contributed by atoms with Crippen molar-refractivity contribution in [2.24, 2.45) is 0 Å². The van der Waals surface area contributed by atoms with Crippen molar-refractivity contribution in [2.45, 2.75) is 12.8 Å². The van der Waals surface area contributed by atoms with Crippen molar-refractivity contribution in [3.8, 4) is 5.75 Å². The molecule has 0 heterocycles. The van der Waals surface area contributed by atoms with Gasteiger partial charge in [-0.1, -0.05) is 23.2 Å². The van der Waals surface area contributed by atoms with Gasteiger partial charge in [-0.3, -0.25) is 9.59 Å². The minimum Gasteiger partial charge on any atom is -0.508 e. The second kappa shape index (κ2) is 7.99. The summed E-state index contributed by atoms with van der Waals surface area (Å²) < 4.78 is 0. The van der Waals surface area contributed by atoms with E-state index in [0.717, 1.165) is 0 Å². The number of ketones is 1. The van der Waals surface area contributed by atoms with E-state index < -0.39 is 0 Å². The highest BCUT2D eigenvalue weighted by Crippen LogP contribution is 2.23. The fraction of sp³-hybridized carbons (Fsp3) is 0.176. The molecule has 2 aromatic rings. The van der Waals surface area contributed by atoms with Crippen LogP contribution in [-0.2, 0) is 0 Å². The molecule has 6 heteroatoms. The largest absolute Gasteiger partial charge is 0.508 e. The first-order chi connectivity index (χ1) is 11.0. The van der Waals surface area contributed by atoms with Crippen LogP contribution in [0.1, 0.15) is 33.6 Å². The number of halogens is 2. The number of phenols is 1. The Morgan fingerprint density at radius 3 is 2.39 bits per heavy atom. The Labute approximate surface area is 144 Å². The van der Waals surface area contributed by atoms with Crippen molar-refractivity contribution >= 4 is 34.9 Å². The lowest BCUT2D eigenvalue weighted by Crippen LogP contribution is -2.24. The Morgan fingerprint density at radius 2 is 1.74 bits per heavy atom. The van der Waals surface area contributed by atoms with Gasteiger partial charge in [0, 0.05) is 29.1 Å². The summed E-state index contributed by atoms with van der Waals surface area (Å²) >= 11 is 11.7. The second-order valence-electron chi connectivity index (χ2n) is 4.95. The summed E-state index contributed by atoms with van der Waals surface area (Å²) in [5.41, 5.74) is 0.885. The van der Waals surface area contributed by atoms with E-state index in [1.54, 1.807) is 24.3 Å². The average molecular weight is 352 g/mol. The molecule has 0 unspecified atom stereocenters. The van der Waals surface area contributed by atoms with E-state index in [1.165, 1.54) is 18.2 Å². The van der Waals surface area contributed by atoms with E-state index in [9.17, 15) is 14.7 Å². The first kappa shape index (κ1) is 17.3. The molecule has 120 valence electrons. The fourth-order valence-electron chi connectivity index (χ4n) is 2.02. The zero-order chi connectivity index (χ0) is 16.8. The third-order valence-corrected chi connectivity index (χ3v) is 3.79.